The van der Waals surface area contributed by atoms with Gasteiger partial charge in [-0.2, -0.15) is 5.10 Å². The molecule has 0 fully saturated rings. The predicted octanol–water partition coefficient (Wildman–Crippen LogP) is 3.39. The Hall–Kier alpha value is -2.74. The van der Waals surface area contributed by atoms with Crippen molar-refractivity contribution in [1.29, 1.82) is 0 Å². The first-order valence-electron chi connectivity index (χ1n) is 8.04. The number of carbonyl (C=O) groups is 1. The average molecular weight is 437 g/mol. The van der Waals surface area contributed by atoms with E-state index in [0.29, 0.717) is 28.6 Å². The quantitative estimate of drug-likeness (QED) is 0.506. The van der Waals surface area contributed by atoms with E-state index in [0.717, 1.165) is 4.47 Å². The third-order valence-corrected chi connectivity index (χ3v) is 4.28. The number of amides is 1. The number of halogens is 1. The van der Waals surface area contributed by atoms with Gasteiger partial charge in [-0.15, -0.1) is 0 Å². The highest BCUT2D eigenvalue weighted by Gasteiger charge is 2.15. The zero-order valence-electron chi connectivity index (χ0n) is 15.5. The van der Waals surface area contributed by atoms with E-state index in [2.05, 4.69) is 26.5 Å². The fourth-order valence-corrected chi connectivity index (χ4v) is 2.57. The van der Waals surface area contributed by atoms with E-state index in [-0.39, 0.29) is 5.91 Å². The number of nitrogens with zero attached hydrogens (tertiary/aromatic N) is 1. The van der Waals surface area contributed by atoms with Crippen molar-refractivity contribution in [3.8, 4) is 23.0 Å². The van der Waals surface area contributed by atoms with Gasteiger partial charge in [-0.05, 0) is 41.1 Å². The van der Waals surface area contributed by atoms with Crippen LogP contribution in [0.4, 0.5) is 0 Å². The number of ether oxygens (including phenoxy) is 4. The predicted molar refractivity (Wildman–Crippen MR) is 106 cm³/mol. The minimum atomic E-state index is -0.729. The minimum Gasteiger partial charge on any atom is -0.496 e. The molecular weight excluding hydrogens is 416 g/mol. The Balaban J connectivity index is 2.06. The smallest absolute Gasteiger partial charge is 0.280 e. The molecule has 0 spiro atoms. The second kappa shape index (κ2) is 9.82. The Bertz CT molecular complexity index is 826. The lowest BCUT2D eigenvalue weighted by molar-refractivity contribution is -0.127. The first-order chi connectivity index (χ1) is 13.0. The van der Waals surface area contributed by atoms with Gasteiger partial charge >= 0.3 is 0 Å². The molecule has 0 aromatic heterocycles. The number of para-hydroxylation sites is 1. The average Bonchev–Trinajstić information content (AvgIpc) is 2.68. The van der Waals surface area contributed by atoms with Crippen molar-refractivity contribution in [2.24, 2.45) is 5.10 Å². The van der Waals surface area contributed by atoms with E-state index in [1.165, 1.54) is 27.5 Å². The molecule has 144 valence electrons. The van der Waals surface area contributed by atoms with Gasteiger partial charge in [-0.1, -0.05) is 12.1 Å². The van der Waals surface area contributed by atoms with Crippen LogP contribution in [0.1, 0.15) is 12.5 Å². The summed E-state index contributed by atoms with van der Waals surface area (Å²) in [5.74, 6) is 1.78. The summed E-state index contributed by atoms with van der Waals surface area (Å²) in [6.45, 7) is 1.64. The maximum atomic E-state index is 12.2. The summed E-state index contributed by atoms with van der Waals surface area (Å²) in [6, 6.07) is 10.7. The molecule has 0 bridgehead atoms. The van der Waals surface area contributed by atoms with Crippen LogP contribution < -0.4 is 24.4 Å². The monoisotopic (exact) mass is 436 g/mol. The molecule has 0 saturated carbocycles. The number of hydrazone groups is 1. The normalized spacial score (nSPS) is 11.7. The summed E-state index contributed by atoms with van der Waals surface area (Å²) in [6.07, 6.45) is 0.734. The highest BCUT2D eigenvalue weighted by atomic mass is 79.9. The van der Waals surface area contributed by atoms with Crippen LogP contribution in [-0.2, 0) is 4.79 Å². The molecule has 27 heavy (non-hydrogen) atoms. The molecule has 2 aromatic rings. The molecule has 1 atom stereocenters. The van der Waals surface area contributed by atoms with E-state index in [4.69, 9.17) is 18.9 Å². The topological polar surface area (TPSA) is 78.4 Å². The molecule has 1 amide bonds. The van der Waals surface area contributed by atoms with Crippen LogP contribution in [0.5, 0.6) is 23.0 Å². The van der Waals surface area contributed by atoms with Crippen molar-refractivity contribution in [3.63, 3.8) is 0 Å². The van der Waals surface area contributed by atoms with Crippen LogP contribution in [0.2, 0.25) is 0 Å². The van der Waals surface area contributed by atoms with Crippen molar-refractivity contribution in [1.82, 2.24) is 5.43 Å². The van der Waals surface area contributed by atoms with E-state index < -0.39 is 6.10 Å². The molecule has 1 N–H and O–H groups in total. The summed E-state index contributed by atoms with van der Waals surface area (Å²) >= 11 is 3.38. The standard InChI is InChI=1S/C19H21BrN2O5/c1-12(27-15-8-6-5-7-14(15)20)19(23)22-21-11-13-9-17(25-3)18(26-4)10-16(13)24-2/h5-12H,1-4H3,(H,22,23)/t12-/m0/s1. The van der Waals surface area contributed by atoms with Crippen LogP contribution in [-0.4, -0.2) is 39.6 Å². The molecule has 8 heteroatoms. The lowest BCUT2D eigenvalue weighted by Crippen LogP contribution is -2.33. The first kappa shape index (κ1) is 20.6. The van der Waals surface area contributed by atoms with Gasteiger partial charge < -0.3 is 18.9 Å². The fourth-order valence-electron chi connectivity index (χ4n) is 2.19. The summed E-state index contributed by atoms with van der Waals surface area (Å²) in [4.78, 5) is 12.2. The van der Waals surface area contributed by atoms with Gasteiger partial charge in [0.15, 0.2) is 17.6 Å². The van der Waals surface area contributed by atoms with Crippen molar-refractivity contribution in [3.05, 3.63) is 46.4 Å². The Kier molecular flexibility index (Phi) is 7.48. The van der Waals surface area contributed by atoms with Gasteiger partial charge in [0.1, 0.15) is 11.5 Å². The van der Waals surface area contributed by atoms with Gasteiger partial charge in [0.25, 0.3) is 5.91 Å². The van der Waals surface area contributed by atoms with E-state index >= 15 is 0 Å². The first-order valence-corrected chi connectivity index (χ1v) is 8.83. The summed E-state index contributed by atoms with van der Waals surface area (Å²) in [5.41, 5.74) is 3.07. The third kappa shape index (κ3) is 5.37. The zero-order chi connectivity index (χ0) is 19.8. The lowest BCUT2D eigenvalue weighted by Gasteiger charge is -2.14. The fraction of sp³-hybridized carbons (Fsp3) is 0.263. The van der Waals surface area contributed by atoms with E-state index in [1.54, 1.807) is 25.1 Å². The molecule has 2 aromatic carbocycles. The van der Waals surface area contributed by atoms with Gasteiger partial charge in [-0.25, -0.2) is 5.43 Å². The van der Waals surface area contributed by atoms with Gasteiger partial charge in [-0.3, -0.25) is 4.79 Å². The molecule has 2 rings (SSSR count). The maximum Gasteiger partial charge on any atom is 0.280 e. The second-order valence-corrected chi connectivity index (χ2v) is 6.23. The Morgan fingerprint density at radius 1 is 1.04 bits per heavy atom. The second-order valence-electron chi connectivity index (χ2n) is 5.37. The molecule has 0 radical (unpaired) electrons. The SMILES string of the molecule is COc1cc(OC)c(OC)cc1C=NNC(=O)[C@H](C)Oc1ccccc1Br. The van der Waals surface area contributed by atoms with Crippen molar-refractivity contribution in [2.45, 2.75) is 13.0 Å². The Labute approximate surface area is 166 Å². The molecular formula is C19H21BrN2O5. The molecule has 0 unspecified atom stereocenters. The number of nitrogens with one attached hydrogen (secondary N) is 1. The number of benzene rings is 2. The Morgan fingerprint density at radius 2 is 1.67 bits per heavy atom. The van der Waals surface area contributed by atoms with Crippen molar-refractivity contribution < 1.29 is 23.7 Å². The molecule has 7 nitrogen and oxygen atoms in total. The molecule has 0 heterocycles. The molecule has 0 saturated heterocycles. The largest absolute Gasteiger partial charge is 0.496 e. The van der Waals surface area contributed by atoms with Crippen LogP contribution in [0.3, 0.4) is 0 Å². The van der Waals surface area contributed by atoms with Crippen LogP contribution in [0.25, 0.3) is 0 Å². The van der Waals surface area contributed by atoms with E-state index in [1.807, 2.05) is 18.2 Å². The third-order valence-electron chi connectivity index (χ3n) is 3.62. The van der Waals surface area contributed by atoms with Crippen molar-refractivity contribution >= 4 is 28.1 Å². The minimum absolute atomic E-state index is 0.388. The van der Waals surface area contributed by atoms with Gasteiger partial charge in [0.05, 0.1) is 32.0 Å². The van der Waals surface area contributed by atoms with Crippen LogP contribution in [0, 0.1) is 0 Å². The van der Waals surface area contributed by atoms with Crippen molar-refractivity contribution in [2.75, 3.05) is 21.3 Å². The maximum absolute atomic E-state index is 12.2. The lowest BCUT2D eigenvalue weighted by atomic mass is 10.2. The van der Waals surface area contributed by atoms with Crippen LogP contribution >= 0.6 is 15.9 Å². The van der Waals surface area contributed by atoms with Gasteiger partial charge in [0.2, 0.25) is 0 Å². The molecule has 0 aliphatic carbocycles. The highest BCUT2D eigenvalue weighted by molar-refractivity contribution is 9.10. The highest BCUT2D eigenvalue weighted by Crippen LogP contribution is 2.33. The zero-order valence-corrected chi connectivity index (χ0v) is 17.1. The number of hydrogen-bond donors (Lipinski definition) is 1. The number of carbonyl (C=O) groups excluding carboxylic acids is 1. The summed E-state index contributed by atoms with van der Waals surface area (Å²) < 4.78 is 22.2. The molecule has 0 aliphatic heterocycles. The number of hydrogen-bond acceptors (Lipinski definition) is 6. The molecule has 0 aliphatic rings. The number of rotatable bonds is 8. The summed E-state index contributed by atoms with van der Waals surface area (Å²) in [5, 5.41) is 3.97. The van der Waals surface area contributed by atoms with Gasteiger partial charge in [0, 0.05) is 11.6 Å². The van der Waals surface area contributed by atoms with Crippen LogP contribution in [0.15, 0.2) is 46.0 Å². The van der Waals surface area contributed by atoms with E-state index in [9.17, 15) is 4.79 Å². The summed E-state index contributed by atoms with van der Waals surface area (Å²) in [7, 11) is 4.61. The Morgan fingerprint density at radius 3 is 2.30 bits per heavy atom. The number of methoxy groups -OCH3 is 3.